The zero-order chi connectivity index (χ0) is 56.7. The maximum absolute atomic E-state index is 12.3. The summed E-state index contributed by atoms with van der Waals surface area (Å²) in [6, 6.07) is 35.0. The average Bonchev–Trinajstić information content (AvgIpc) is 3.40. The standard InChI is InChI=1S/C35H56O5Si2.C30H42O6/c1-30(36)27-31-15-17-32(18-16-31)28-33-19-21-34(22-20-33)29-35(37)39-24-12-8-10-14-26-42(5,6)40-41(3,4)25-13-9-7-11-23-38-2;1-33-18-6-3-4-8-20-35-29(31)23-27-14-10-25(11-15-27)22-26-12-16-28(17-13-26)24-30(32)36-21-9-5-7-19-34-2/h15-22H,7-14,23-29H2,1-6H3;10-17H,3-9,18-24H2,1-2H3. The summed E-state index contributed by atoms with van der Waals surface area (Å²) in [5.74, 6) is -0.349. The Morgan fingerprint density at radius 3 is 0.821 bits per heavy atom. The molecule has 0 saturated carbocycles. The number of ether oxygens (including phenoxy) is 6. The maximum Gasteiger partial charge on any atom is 0.310 e. The van der Waals surface area contributed by atoms with Gasteiger partial charge in [0.2, 0.25) is 0 Å². The van der Waals surface area contributed by atoms with Gasteiger partial charge in [0.05, 0.1) is 39.1 Å². The van der Waals surface area contributed by atoms with E-state index in [1.54, 1.807) is 28.3 Å². The smallest absolute Gasteiger partial charge is 0.310 e. The molecule has 4 rings (SSSR count). The molecule has 0 bridgehead atoms. The molecule has 0 heterocycles. The normalized spacial score (nSPS) is 11.4. The van der Waals surface area contributed by atoms with Crippen LogP contribution in [0.25, 0.3) is 0 Å². The van der Waals surface area contributed by atoms with Crippen LogP contribution in [0.3, 0.4) is 0 Å². The van der Waals surface area contributed by atoms with Crippen molar-refractivity contribution in [2.24, 2.45) is 0 Å². The molecule has 0 fully saturated rings. The average molecular weight is 1110 g/mol. The Balaban J connectivity index is 0.000000415. The largest absolute Gasteiger partial charge is 0.465 e. The van der Waals surface area contributed by atoms with Gasteiger partial charge in [-0.15, -0.1) is 0 Å². The monoisotopic (exact) mass is 1110 g/mol. The van der Waals surface area contributed by atoms with Crippen molar-refractivity contribution in [3.63, 3.8) is 0 Å². The van der Waals surface area contributed by atoms with Crippen LogP contribution >= 0.6 is 0 Å². The first-order valence-corrected chi connectivity index (χ1v) is 35.3. The SMILES string of the molecule is COCCCCCCOC(=O)Cc1ccc(Cc2ccc(CC(=O)OCCCCCOC)cc2)cc1.COCCCCCC[Si](C)(C)O[Si](C)(C)CCCCCCOC(=O)Cc1ccc(Cc2ccc(CC(C)=O)cc2)cc1. The highest BCUT2D eigenvalue weighted by molar-refractivity contribution is 6.84. The zero-order valence-corrected chi connectivity index (χ0v) is 51.2. The number of Topliss-reactive ketones (excluding diaryl/α,β-unsaturated/α-hetero) is 1. The van der Waals surface area contributed by atoms with E-state index in [-0.39, 0.29) is 30.1 Å². The Morgan fingerprint density at radius 2 is 0.551 bits per heavy atom. The molecule has 0 aliphatic carbocycles. The predicted octanol–water partition coefficient (Wildman–Crippen LogP) is 14.2. The van der Waals surface area contributed by atoms with Crippen molar-refractivity contribution in [2.45, 2.75) is 180 Å². The van der Waals surface area contributed by atoms with Crippen molar-refractivity contribution in [3.05, 3.63) is 142 Å². The molecule has 0 aromatic heterocycles. The molecule has 0 radical (unpaired) electrons. The van der Waals surface area contributed by atoms with Gasteiger partial charge in [-0.3, -0.25) is 19.2 Å². The quantitative estimate of drug-likeness (QED) is 0.0182. The van der Waals surface area contributed by atoms with Gasteiger partial charge in [0.1, 0.15) is 5.78 Å². The third-order valence-corrected chi connectivity index (χ3v) is 21.1. The van der Waals surface area contributed by atoms with E-state index in [4.69, 9.17) is 32.5 Å². The first kappa shape index (κ1) is 67.5. The minimum absolute atomic E-state index is 0.156. The van der Waals surface area contributed by atoms with Crippen molar-refractivity contribution in [1.82, 2.24) is 0 Å². The van der Waals surface area contributed by atoms with Crippen molar-refractivity contribution >= 4 is 40.3 Å². The van der Waals surface area contributed by atoms with Gasteiger partial charge in [-0.2, -0.15) is 0 Å². The number of methoxy groups -OCH3 is 3. The summed E-state index contributed by atoms with van der Waals surface area (Å²) in [6.07, 6.45) is 19.3. The van der Waals surface area contributed by atoms with E-state index in [9.17, 15) is 19.2 Å². The van der Waals surface area contributed by atoms with Gasteiger partial charge >= 0.3 is 17.9 Å². The van der Waals surface area contributed by atoms with E-state index in [0.717, 1.165) is 119 Å². The molecular formula is C65H98O11Si2. The molecule has 0 unspecified atom stereocenters. The fourth-order valence-corrected chi connectivity index (χ4v) is 18.3. The molecule has 13 heteroatoms. The van der Waals surface area contributed by atoms with E-state index in [0.29, 0.717) is 39.1 Å². The Morgan fingerprint density at radius 1 is 0.321 bits per heavy atom. The molecule has 78 heavy (non-hydrogen) atoms. The van der Waals surface area contributed by atoms with Gasteiger partial charge in [0.25, 0.3) is 0 Å². The van der Waals surface area contributed by atoms with Crippen LogP contribution in [0, 0.1) is 0 Å². The van der Waals surface area contributed by atoms with Gasteiger partial charge in [-0.1, -0.05) is 142 Å². The lowest BCUT2D eigenvalue weighted by Gasteiger charge is -2.34. The van der Waals surface area contributed by atoms with Crippen LogP contribution in [0.2, 0.25) is 38.3 Å². The fourth-order valence-electron chi connectivity index (χ4n) is 9.30. The Hall–Kier alpha value is -4.77. The molecular weight excluding hydrogens is 1010 g/mol. The van der Waals surface area contributed by atoms with Crippen molar-refractivity contribution < 1.29 is 51.7 Å². The van der Waals surface area contributed by atoms with E-state index in [1.165, 1.54) is 66.4 Å². The number of carbonyl (C=O) groups excluding carboxylic acids is 4. The Kier molecular flexibility index (Phi) is 35.0. The second-order valence-corrected chi connectivity index (χ2v) is 30.9. The minimum atomic E-state index is -1.64. The second kappa shape index (κ2) is 40.4. The second-order valence-electron chi connectivity index (χ2n) is 22.1. The van der Waals surface area contributed by atoms with Crippen molar-refractivity contribution in [3.8, 4) is 0 Å². The first-order chi connectivity index (χ1) is 37.6. The van der Waals surface area contributed by atoms with E-state index in [2.05, 4.69) is 62.6 Å². The summed E-state index contributed by atoms with van der Waals surface area (Å²) < 4.78 is 38.2. The lowest BCUT2D eigenvalue weighted by atomic mass is 10.0. The summed E-state index contributed by atoms with van der Waals surface area (Å²) in [7, 11) is 1.94. The molecule has 0 amide bonds. The number of unbranched alkanes of at least 4 members (excludes halogenated alkanes) is 11. The number of hydrogen-bond donors (Lipinski definition) is 0. The number of rotatable bonds is 41. The van der Waals surface area contributed by atoms with Gasteiger partial charge in [-0.05, 0) is 154 Å². The molecule has 4 aromatic carbocycles. The highest BCUT2D eigenvalue weighted by Gasteiger charge is 2.32. The zero-order valence-electron chi connectivity index (χ0n) is 49.2. The van der Waals surface area contributed by atoms with Crippen LogP contribution in [0.5, 0.6) is 0 Å². The van der Waals surface area contributed by atoms with Crippen LogP contribution in [-0.4, -0.2) is 101 Å². The molecule has 0 saturated heterocycles. The number of hydrogen-bond acceptors (Lipinski definition) is 11. The number of ketones is 1. The van der Waals surface area contributed by atoms with Gasteiger partial charge in [0, 0.05) is 47.6 Å². The Bertz CT molecular complexity index is 2230. The molecule has 0 N–H and O–H groups in total. The van der Waals surface area contributed by atoms with Gasteiger partial charge < -0.3 is 32.5 Å². The fraction of sp³-hybridized carbons (Fsp3) is 0.569. The van der Waals surface area contributed by atoms with Crippen LogP contribution in [0.4, 0.5) is 0 Å². The Labute approximate surface area is 472 Å². The van der Waals surface area contributed by atoms with Crippen LogP contribution in [0.15, 0.2) is 97.1 Å². The van der Waals surface area contributed by atoms with E-state index in [1.807, 2.05) is 60.7 Å². The van der Waals surface area contributed by atoms with Crippen LogP contribution in [-0.2, 0) is 90.2 Å². The first-order valence-electron chi connectivity index (χ1n) is 29.0. The maximum atomic E-state index is 12.3. The number of esters is 3. The lowest BCUT2D eigenvalue weighted by molar-refractivity contribution is -0.143. The van der Waals surface area contributed by atoms with E-state index < -0.39 is 16.6 Å². The molecule has 0 aliphatic heterocycles. The third kappa shape index (κ3) is 33.6. The highest BCUT2D eigenvalue weighted by atomic mass is 28.4. The van der Waals surface area contributed by atoms with Crippen molar-refractivity contribution in [1.29, 1.82) is 0 Å². The summed E-state index contributed by atoms with van der Waals surface area (Å²) >= 11 is 0. The number of carbonyl (C=O) groups is 4. The molecule has 0 spiro atoms. The topological polar surface area (TPSA) is 133 Å². The summed E-state index contributed by atoms with van der Waals surface area (Å²) in [6.45, 7) is 15.0. The molecule has 0 atom stereocenters. The summed E-state index contributed by atoms with van der Waals surface area (Å²) in [4.78, 5) is 47.7. The van der Waals surface area contributed by atoms with Gasteiger partial charge in [-0.25, -0.2) is 0 Å². The van der Waals surface area contributed by atoms with Gasteiger partial charge in [0.15, 0.2) is 16.6 Å². The predicted molar refractivity (Wildman–Crippen MR) is 320 cm³/mol. The van der Waals surface area contributed by atoms with Crippen LogP contribution in [0.1, 0.15) is 148 Å². The minimum Gasteiger partial charge on any atom is -0.465 e. The third-order valence-electron chi connectivity index (χ3n) is 13.5. The molecule has 11 nitrogen and oxygen atoms in total. The molecule has 432 valence electrons. The summed E-state index contributed by atoms with van der Waals surface area (Å²) in [5, 5.41) is 0. The molecule has 0 aliphatic rings. The molecule has 4 aromatic rings. The van der Waals surface area contributed by atoms with Crippen LogP contribution < -0.4 is 0 Å². The number of benzene rings is 4. The lowest BCUT2D eigenvalue weighted by Crippen LogP contribution is -2.44. The highest BCUT2D eigenvalue weighted by Crippen LogP contribution is 2.26. The van der Waals surface area contributed by atoms with E-state index >= 15 is 0 Å². The van der Waals surface area contributed by atoms with Crippen molar-refractivity contribution in [2.75, 3.05) is 61.0 Å². The summed E-state index contributed by atoms with van der Waals surface area (Å²) in [5.41, 5.74) is 8.68.